The lowest BCUT2D eigenvalue weighted by atomic mass is 9.92. The first-order valence-electron chi connectivity index (χ1n) is 7.94. The Morgan fingerprint density at radius 2 is 1.86 bits per heavy atom. The molecule has 2 heterocycles. The Bertz CT molecular complexity index is 400. The first-order valence-corrected chi connectivity index (χ1v) is 7.94. The molecule has 0 radical (unpaired) electrons. The van der Waals surface area contributed by atoms with Crippen LogP contribution in [0.1, 0.15) is 47.5 Å². The van der Waals surface area contributed by atoms with Crippen molar-refractivity contribution in [2.24, 2.45) is 5.92 Å². The summed E-state index contributed by atoms with van der Waals surface area (Å²) in [6.45, 7) is 12.2. The molecule has 0 spiro atoms. The number of hydrogen-bond donors (Lipinski definition) is 1. The van der Waals surface area contributed by atoms with Crippen molar-refractivity contribution in [2.45, 2.75) is 53.1 Å². The van der Waals surface area contributed by atoms with Crippen molar-refractivity contribution in [3.63, 3.8) is 0 Å². The third-order valence-corrected chi connectivity index (χ3v) is 3.49. The average molecular weight is 295 g/mol. The average Bonchev–Trinajstić information content (AvgIpc) is 2.46. The lowest BCUT2D eigenvalue weighted by molar-refractivity contribution is 0.00755. The lowest BCUT2D eigenvalue weighted by Gasteiger charge is -2.45. The summed E-state index contributed by atoms with van der Waals surface area (Å²) in [5.74, 6) is 2.00. The topological polar surface area (TPSA) is 58.5 Å². The number of nitrogens with zero attached hydrogens (tertiary/aromatic N) is 3. The van der Waals surface area contributed by atoms with Crippen LogP contribution in [0.3, 0.4) is 0 Å². The molecule has 1 aromatic rings. The van der Waals surface area contributed by atoms with Gasteiger partial charge in [0.2, 0.25) is 5.95 Å². The number of ether oxygens (including phenoxy) is 1. The van der Waals surface area contributed by atoms with Crippen LogP contribution in [0.4, 0.5) is 5.95 Å². The molecule has 5 nitrogen and oxygen atoms in total. The molecule has 21 heavy (non-hydrogen) atoms. The van der Waals surface area contributed by atoms with Gasteiger partial charge in [-0.25, -0.2) is 9.97 Å². The predicted octanol–water partition coefficient (Wildman–Crippen LogP) is 2.89. The molecule has 1 aliphatic rings. The number of aromatic nitrogens is 2. The van der Waals surface area contributed by atoms with E-state index in [1.54, 1.807) is 12.4 Å². The highest BCUT2D eigenvalue weighted by Crippen LogP contribution is 2.27. The molecule has 120 valence electrons. The first-order chi connectivity index (χ1) is 10.0. The maximum absolute atomic E-state index is 9.95. The van der Waals surface area contributed by atoms with E-state index in [0.717, 1.165) is 12.8 Å². The maximum Gasteiger partial charge on any atom is 0.225 e. The van der Waals surface area contributed by atoms with Crippen LogP contribution in [0.25, 0.3) is 0 Å². The van der Waals surface area contributed by atoms with Crippen molar-refractivity contribution in [1.82, 2.24) is 9.97 Å². The van der Waals surface area contributed by atoms with Crippen LogP contribution in [0.15, 0.2) is 12.4 Å². The fourth-order valence-electron chi connectivity index (χ4n) is 1.99. The van der Waals surface area contributed by atoms with Gasteiger partial charge in [0, 0.05) is 0 Å². The predicted molar refractivity (Wildman–Crippen MR) is 85.8 cm³/mol. The molecule has 1 aliphatic heterocycles. The summed E-state index contributed by atoms with van der Waals surface area (Å²) in [6, 6.07) is 0. The molecule has 0 atom stereocenters. The summed E-state index contributed by atoms with van der Waals surface area (Å²) >= 11 is 0. The van der Waals surface area contributed by atoms with Gasteiger partial charge in [0.15, 0.2) is 5.75 Å². The van der Waals surface area contributed by atoms with Crippen molar-refractivity contribution in [3.8, 4) is 5.75 Å². The Morgan fingerprint density at radius 1 is 1.29 bits per heavy atom. The normalized spacial score (nSPS) is 16.0. The number of rotatable bonds is 6. The molecular weight excluding hydrogens is 266 g/mol. The quantitative estimate of drug-likeness (QED) is 0.874. The molecule has 5 heteroatoms. The number of anilines is 1. The smallest absolute Gasteiger partial charge is 0.225 e. The molecule has 0 saturated carbocycles. The van der Waals surface area contributed by atoms with Crippen molar-refractivity contribution in [2.75, 3.05) is 24.6 Å². The second kappa shape index (κ2) is 8.17. The van der Waals surface area contributed by atoms with E-state index in [1.165, 1.54) is 0 Å². The highest BCUT2D eigenvalue weighted by atomic mass is 16.5. The van der Waals surface area contributed by atoms with Gasteiger partial charge in [-0.15, -0.1) is 0 Å². The SMILES string of the molecule is CC.CCC1(O)CN(c2ncc(OCCC(C)C)cn2)C1. The fourth-order valence-corrected chi connectivity index (χ4v) is 1.99. The van der Waals surface area contributed by atoms with Crippen LogP contribution >= 0.6 is 0 Å². The third-order valence-electron chi connectivity index (χ3n) is 3.49. The van der Waals surface area contributed by atoms with E-state index >= 15 is 0 Å². The molecule has 1 saturated heterocycles. The van der Waals surface area contributed by atoms with E-state index in [0.29, 0.717) is 37.3 Å². The third kappa shape index (κ3) is 5.16. The van der Waals surface area contributed by atoms with Crippen molar-refractivity contribution >= 4 is 5.95 Å². The molecule has 1 N–H and O–H groups in total. The molecule has 0 unspecified atom stereocenters. The summed E-state index contributed by atoms with van der Waals surface area (Å²) in [7, 11) is 0. The van der Waals surface area contributed by atoms with Crippen LogP contribution < -0.4 is 9.64 Å². The maximum atomic E-state index is 9.95. The highest BCUT2D eigenvalue weighted by Gasteiger charge is 2.40. The van der Waals surface area contributed by atoms with Crippen LogP contribution in [0, 0.1) is 5.92 Å². The van der Waals surface area contributed by atoms with Gasteiger partial charge in [-0.05, 0) is 18.8 Å². The van der Waals surface area contributed by atoms with Gasteiger partial charge in [0.1, 0.15) is 0 Å². The number of β-amino-alcohol motifs (C(OH)–C–C–N with tert-alkyl or cyclic N) is 1. The Hall–Kier alpha value is -1.36. The molecule has 0 aromatic carbocycles. The Morgan fingerprint density at radius 3 is 2.33 bits per heavy atom. The standard InChI is InChI=1S/C14H23N3O2.C2H6/c1-4-14(18)9-17(10-14)13-15-7-12(8-16-13)19-6-5-11(2)3;1-2/h7-8,11,18H,4-6,9-10H2,1-3H3;1-2H3. The molecule has 0 bridgehead atoms. The molecular formula is C16H29N3O2. The molecule has 0 amide bonds. The minimum Gasteiger partial charge on any atom is -0.490 e. The van der Waals surface area contributed by atoms with Gasteiger partial charge >= 0.3 is 0 Å². The molecule has 1 aromatic heterocycles. The zero-order chi connectivity index (χ0) is 15.9. The largest absolute Gasteiger partial charge is 0.490 e. The van der Waals surface area contributed by atoms with Gasteiger partial charge in [-0.3, -0.25) is 0 Å². The van der Waals surface area contributed by atoms with Gasteiger partial charge in [-0.2, -0.15) is 0 Å². The Labute approximate surface area is 128 Å². The summed E-state index contributed by atoms with van der Waals surface area (Å²) in [6.07, 6.45) is 5.19. The van der Waals surface area contributed by atoms with Crippen LogP contribution in [0.5, 0.6) is 5.75 Å². The number of aliphatic hydroxyl groups is 1. The van der Waals surface area contributed by atoms with Crippen molar-refractivity contribution in [1.29, 1.82) is 0 Å². The van der Waals surface area contributed by atoms with E-state index in [1.807, 2.05) is 25.7 Å². The zero-order valence-electron chi connectivity index (χ0n) is 14.0. The van der Waals surface area contributed by atoms with Crippen LogP contribution in [-0.4, -0.2) is 40.4 Å². The minimum atomic E-state index is -0.560. The first kappa shape index (κ1) is 17.7. The van der Waals surface area contributed by atoms with E-state index in [2.05, 4.69) is 23.8 Å². The summed E-state index contributed by atoms with van der Waals surface area (Å²) in [4.78, 5) is 10.5. The second-order valence-electron chi connectivity index (χ2n) is 5.68. The van der Waals surface area contributed by atoms with Crippen molar-refractivity contribution < 1.29 is 9.84 Å². The van der Waals surface area contributed by atoms with E-state index in [-0.39, 0.29) is 0 Å². The van der Waals surface area contributed by atoms with Gasteiger partial charge in [-0.1, -0.05) is 34.6 Å². The van der Waals surface area contributed by atoms with Gasteiger partial charge < -0.3 is 14.7 Å². The minimum absolute atomic E-state index is 0.560. The number of hydrogen-bond acceptors (Lipinski definition) is 5. The fraction of sp³-hybridized carbons (Fsp3) is 0.750. The molecule has 0 aliphatic carbocycles. The van der Waals surface area contributed by atoms with E-state index < -0.39 is 5.60 Å². The Kier molecular flexibility index (Phi) is 6.89. The second-order valence-corrected chi connectivity index (χ2v) is 5.68. The monoisotopic (exact) mass is 295 g/mol. The van der Waals surface area contributed by atoms with E-state index in [9.17, 15) is 5.11 Å². The van der Waals surface area contributed by atoms with Crippen LogP contribution in [0.2, 0.25) is 0 Å². The van der Waals surface area contributed by atoms with Gasteiger partial charge in [0.25, 0.3) is 0 Å². The molecule has 2 rings (SSSR count). The summed E-state index contributed by atoms with van der Waals surface area (Å²) < 4.78 is 5.57. The summed E-state index contributed by atoms with van der Waals surface area (Å²) in [5, 5.41) is 9.95. The zero-order valence-corrected chi connectivity index (χ0v) is 14.0. The van der Waals surface area contributed by atoms with Crippen molar-refractivity contribution in [3.05, 3.63) is 12.4 Å². The highest BCUT2D eigenvalue weighted by molar-refractivity contribution is 5.37. The van der Waals surface area contributed by atoms with E-state index in [4.69, 9.17) is 4.74 Å². The Balaban J connectivity index is 0.00000106. The van der Waals surface area contributed by atoms with Crippen LogP contribution in [-0.2, 0) is 0 Å². The van der Waals surface area contributed by atoms with Gasteiger partial charge in [0.05, 0.1) is 37.7 Å². The molecule has 1 fully saturated rings. The lowest BCUT2D eigenvalue weighted by Crippen LogP contribution is -2.62. The summed E-state index contributed by atoms with van der Waals surface area (Å²) in [5.41, 5.74) is -0.560.